The minimum absolute atomic E-state index is 0.0247. The maximum atomic E-state index is 15.5. The molecule has 7 heteroatoms. The van der Waals surface area contributed by atoms with Crippen molar-refractivity contribution in [1.29, 1.82) is 5.26 Å². The largest absolute Gasteiger partial charge is 0.371 e. The van der Waals surface area contributed by atoms with Crippen molar-refractivity contribution in [2.24, 2.45) is 0 Å². The van der Waals surface area contributed by atoms with E-state index in [0.29, 0.717) is 5.56 Å². The van der Waals surface area contributed by atoms with E-state index >= 15 is 13.2 Å². The molecule has 32 heavy (non-hydrogen) atoms. The quantitative estimate of drug-likeness (QED) is 0.211. The number of aromatic nitrogens is 1. The molecule has 0 bridgehead atoms. The number of rotatable bonds is 6. The Bertz CT molecular complexity index is 1180. The summed E-state index contributed by atoms with van der Waals surface area (Å²) in [5.41, 5.74) is 0.301. The van der Waals surface area contributed by atoms with Crippen molar-refractivity contribution in [3.05, 3.63) is 70.4 Å². The van der Waals surface area contributed by atoms with Gasteiger partial charge in [0.2, 0.25) is 0 Å². The molecule has 2 aromatic carbocycles. The fraction of sp³-hybridized carbons (Fsp3) is 0.400. The van der Waals surface area contributed by atoms with Gasteiger partial charge in [-0.15, -0.1) is 0 Å². The van der Waals surface area contributed by atoms with E-state index < -0.39 is 37.1 Å². The predicted molar refractivity (Wildman–Crippen MR) is 122 cm³/mol. The second-order valence-corrected chi connectivity index (χ2v) is 15.0. The van der Waals surface area contributed by atoms with E-state index in [-0.39, 0.29) is 39.5 Å². The van der Waals surface area contributed by atoms with Crippen LogP contribution in [0, 0.1) is 34.6 Å². The number of hydrogen-bond acceptors (Lipinski definition) is 1. The van der Waals surface area contributed by atoms with E-state index in [1.807, 2.05) is 4.23 Å². The monoisotopic (exact) mass is 460 g/mol. The number of halogens is 4. The summed E-state index contributed by atoms with van der Waals surface area (Å²) in [4.78, 5) is 0. The van der Waals surface area contributed by atoms with Crippen LogP contribution in [0.5, 0.6) is 0 Å². The van der Waals surface area contributed by atoms with Crippen molar-refractivity contribution in [2.75, 3.05) is 0 Å². The van der Waals surface area contributed by atoms with Gasteiger partial charge >= 0.3 is 0 Å². The molecule has 0 saturated heterocycles. The minimum Gasteiger partial charge on any atom is -0.371 e. The summed E-state index contributed by atoms with van der Waals surface area (Å²) in [5, 5.41) is 9.06. The molecule has 0 atom stereocenters. The van der Waals surface area contributed by atoms with Crippen LogP contribution in [0.3, 0.4) is 0 Å². The number of hydrogen-bond donors (Lipinski definition) is 0. The molecule has 0 aliphatic heterocycles. The third kappa shape index (κ3) is 3.55. The van der Waals surface area contributed by atoms with Gasteiger partial charge in [-0.25, -0.2) is 17.6 Å². The Morgan fingerprint density at radius 1 is 0.875 bits per heavy atom. The molecule has 2 nitrogen and oxygen atoms in total. The summed E-state index contributed by atoms with van der Waals surface area (Å²) in [7, 11) is -2.44. The van der Waals surface area contributed by atoms with Crippen LogP contribution in [0.15, 0.2) is 30.5 Å². The number of nitrogens with zero attached hydrogens (tertiary/aromatic N) is 2. The topological polar surface area (TPSA) is 28.7 Å². The minimum atomic E-state index is -2.44. The lowest BCUT2D eigenvalue weighted by Crippen LogP contribution is -2.51. The first-order valence-corrected chi connectivity index (χ1v) is 13.0. The van der Waals surface area contributed by atoms with Gasteiger partial charge in [0, 0.05) is 17.4 Å². The highest BCUT2D eigenvalue weighted by atomic mass is 28.3. The average molecular weight is 461 g/mol. The van der Waals surface area contributed by atoms with E-state index in [9.17, 15) is 4.39 Å². The lowest BCUT2D eigenvalue weighted by molar-refractivity contribution is 0.491. The van der Waals surface area contributed by atoms with Crippen LogP contribution in [0.25, 0.3) is 10.9 Å². The molecule has 0 radical (unpaired) electrons. The SMILES string of the molecule is CC(C)[Si](C(C)C)(C(C)C)n1ccc2c(F)c(Cc3ccc(F)c(C#N)c3)c(F)c(F)c21. The zero-order chi connectivity index (χ0) is 24.0. The summed E-state index contributed by atoms with van der Waals surface area (Å²) >= 11 is 0. The summed E-state index contributed by atoms with van der Waals surface area (Å²) in [6, 6.07) is 6.88. The molecule has 170 valence electrons. The molecule has 0 aliphatic carbocycles. The van der Waals surface area contributed by atoms with Gasteiger partial charge in [-0.1, -0.05) is 47.6 Å². The molecule has 1 aromatic heterocycles. The molecule has 0 unspecified atom stereocenters. The molecule has 0 amide bonds. The highest BCUT2D eigenvalue weighted by Gasteiger charge is 2.46. The van der Waals surface area contributed by atoms with E-state index in [2.05, 4.69) is 41.5 Å². The van der Waals surface area contributed by atoms with E-state index in [0.717, 1.165) is 6.07 Å². The lowest BCUT2D eigenvalue weighted by atomic mass is 10.00. The number of nitriles is 1. The van der Waals surface area contributed by atoms with Gasteiger partial charge in [-0.05, 0) is 46.6 Å². The zero-order valence-electron chi connectivity index (χ0n) is 19.2. The zero-order valence-corrected chi connectivity index (χ0v) is 20.2. The van der Waals surface area contributed by atoms with Crippen molar-refractivity contribution in [3.63, 3.8) is 0 Å². The van der Waals surface area contributed by atoms with Crippen LogP contribution >= 0.6 is 0 Å². The standard InChI is InChI=1S/C25H28F4N2Si/c1-14(2)32(15(3)4,16(5)6)31-10-9-19-22(27)20(23(28)24(29)25(19)31)12-17-7-8-21(26)18(11-17)13-30/h7-11,14-16H,12H2,1-6H3. The highest BCUT2D eigenvalue weighted by molar-refractivity contribution is 6.82. The molecule has 0 N–H and O–H groups in total. The lowest BCUT2D eigenvalue weighted by Gasteiger charge is -2.44. The maximum Gasteiger partial charge on any atom is 0.182 e. The Hall–Kier alpha value is -2.59. The first-order valence-electron chi connectivity index (χ1n) is 10.8. The molecular formula is C25H28F4N2Si. The average Bonchev–Trinajstić information content (AvgIpc) is 3.15. The van der Waals surface area contributed by atoms with Gasteiger partial charge in [0.15, 0.2) is 19.9 Å². The molecule has 0 aliphatic rings. The van der Waals surface area contributed by atoms with Crippen LogP contribution in [-0.4, -0.2) is 12.5 Å². The van der Waals surface area contributed by atoms with Crippen molar-refractivity contribution >= 4 is 19.1 Å². The normalized spacial score (nSPS) is 12.4. The van der Waals surface area contributed by atoms with Gasteiger partial charge in [0.1, 0.15) is 17.7 Å². The maximum absolute atomic E-state index is 15.5. The van der Waals surface area contributed by atoms with Crippen LogP contribution < -0.4 is 0 Å². The van der Waals surface area contributed by atoms with Gasteiger partial charge in [-0.3, -0.25) is 0 Å². The molecule has 1 heterocycles. The number of benzene rings is 2. The Kier molecular flexibility index (Phi) is 6.57. The fourth-order valence-electron chi connectivity index (χ4n) is 5.61. The Labute approximate surface area is 187 Å². The first-order chi connectivity index (χ1) is 15.0. The van der Waals surface area contributed by atoms with Crippen molar-refractivity contribution in [1.82, 2.24) is 4.23 Å². The molecule has 0 saturated carbocycles. The fourth-order valence-corrected chi connectivity index (χ4v) is 12.2. The van der Waals surface area contributed by atoms with Crippen LogP contribution in [0.4, 0.5) is 17.6 Å². The van der Waals surface area contributed by atoms with Gasteiger partial charge in [0.05, 0.1) is 11.1 Å². The van der Waals surface area contributed by atoms with Crippen LogP contribution in [0.2, 0.25) is 16.6 Å². The van der Waals surface area contributed by atoms with Crippen molar-refractivity contribution in [2.45, 2.75) is 64.6 Å². The van der Waals surface area contributed by atoms with Crippen LogP contribution in [-0.2, 0) is 6.42 Å². The summed E-state index contributed by atoms with van der Waals surface area (Å²) < 4.78 is 61.7. The van der Waals surface area contributed by atoms with E-state index in [4.69, 9.17) is 5.26 Å². The smallest absolute Gasteiger partial charge is 0.182 e. The summed E-state index contributed by atoms with van der Waals surface area (Å²) in [6.07, 6.45) is 1.42. The molecule has 3 aromatic rings. The third-order valence-corrected chi connectivity index (χ3v) is 13.5. The summed E-state index contributed by atoms with van der Waals surface area (Å²) in [6.45, 7) is 12.6. The van der Waals surface area contributed by atoms with Gasteiger partial charge < -0.3 is 4.23 Å². The Balaban J connectivity index is 2.26. The van der Waals surface area contributed by atoms with Crippen LogP contribution in [0.1, 0.15) is 58.2 Å². The molecule has 3 rings (SSSR count). The number of fused-ring (bicyclic) bond motifs is 1. The van der Waals surface area contributed by atoms with Gasteiger partial charge in [0.25, 0.3) is 0 Å². The molecular weight excluding hydrogens is 432 g/mol. The first kappa shape index (κ1) is 24.1. The van der Waals surface area contributed by atoms with Crippen molar-refractivity contribution in [3.8, 4) is 6.07 Å². The molecule has 0 fully saturated rings. The summed E-state index contributed by atoms with van der Waals surface area (Å²) in [5.74, 6) is -3.84. The van der Waals surface area contributed by atoms with Crippen molar-refractivity contribution < 1.29 is 17.6 Å². The second-order valence-electron chi connectivity index (χ2n) is 9.32. The third-order valence-electron chi connectivity index (χ3n) is 6.78. The van der Waals surface area contributed by atoms with E-state index in [1.54, 1.807) is 12.3 Å². The Morgan fingerprint density at radius 3 is 2.00 bits per heavy atom. The second kappa shape index (κ2) is 8.74. The van der Waals surface area contributed by atoms with E-state index in [1.165, 1.54) is 18.2 Å². The highest BCUT2D eigenvalue weighted by Crippen LogP contribution is 2.45. The molecule has 0 spiro atoms. The predicted octanol–water partition coefficient (Wildman–Crippen LogP) is 7.68. The Morgan fingerprint density at radius 2 is 1.47 bits per heavy atom. The van der Waals surface area contributed by atoms with Gasteiger partial charge in [-0.2, -0.15) is 5.26 Å².